The third-order valence-electron chi connectivity index (χ3n) is 3.93. The average Bonchev–Trinajstić information content (AvgIpc) is 2.61. The van der Waals surface area contributed by atoms with E-state index in [0.29, 0.717) is 6.61 Å². The fourth-order valence-electron chi connectivity index (χ4n) is 2.72. The van der Waals surface area contributed by atoms with Crippen LogP contribution in [0, 0.1) is 19.3 Å². The number of nitrogens with zero attached hydrogens (tertiary/aromatic N) is 1. The third-order valence-corrected chi connectivity index (χ3v) is 3.93. The summed E-state index contributed by atoms with van der Waals surface area (Å²) < 4.78 is 2.36. The molecule has 0 aliphatic rings. The van der Waals surface area contributed by atoms with Crippen molar-refractivity contribution in [3.05, 3.63) is 23.0 Å². The number of rotatable bonds is 8. The average molecular weight is 266 g/mol. The van der Waals surface area contributed by atoms with Gasteiger partial charge in [-0.05, 0) is 50.7 Å². The van der Waals surface area contributed by atoms with Gasteiger partial charge in [-0.15, -0.1) is 0 Å². The second-order valence-corrected chi connectivity index (χ2v) is 6.24. The molecule has 1 aromatic heterocycles. The lowest BCUT2D eigenvalue weighted by Gasteiger charge is -2.24. The molecule has 0 atom stereocenters. The zero-order valence-corrected chi connectivity index (χ0v) is 13.2. The van der Waals surface area contributed by atoms with Crippen LogP contribution in [0.15, 0.2) is 6.07 Å². The van der Waals surface area contributed by atoms with Gasteiger partial charge in [-0.25, -0.2) is 0 Å². The molecule has 2 N–H and O–H groups in total. The lowest BCUT2D eigenvalue weighted by molar-refractivity contribution is 0.236. The van der Waals surface area contributed by atoms with Gasteiger partial charge in [0.05, 0.1) is 0 Å². The first-order valence-corrected chi connectivity index (χ1v) is 7.38. The van der Waals surface area contributed by atoms with E-state index < -0.39 is 0 Å². The lowest BCUT2D eigenvalue weighted by atomic mass is 9.88. The molecule has 0 aromatic carbocycles. The van der Waals surface area contributed by atoms with Crippen LogP contribution >= 0.6 is 0 Å². The Morgan fingerprint density at radius 3 is 2.53 bits per heavy atom. The number of aliphatic hydroxyl groups excluding tert-OH is 1. The maximum Gasteiger partial charge on any atom is 0.0431 e. The molecule has 0 unspecified atom stereocenters. The molecule has 19 heavy (non-hydrogen) atoms. The number of aromatic nitrogens is 1. The molecule has 3 nitrogen and oxygen atoms in total. The molecule has 0 saturated carbocycles. The van der Waals surface area contributed by atoms with E-state index in [4.69, 9.17) is 5.11 Å². The molecule has 0 aliphatic heterocycles. The Bertz CT molecular complexity index is 394. The van der Waals surface area contributed by atoms with Crippen LogP contribution in [0.4, 0.5) is 0 Å². The lowest BCUT2D eigenvalue weighted by Crippen LogP contribution is -2.29. The molecule has 0 amide bonds. The summed E-state index contributed by atoms with van der Waals surface area (Å²) in [4.78, 5) is 0. The first-order chi connectivity index (χ1) is 8.91. The van der Waals surface area contributed by atoms with Crippen molar-refractivity contribution in [2.75, 3.05) is 13.2 Å². The van der Waals surface area contributed by atoms with E-state index in [9.17, 15) is 0 Å². The highest BCUT2D eigenvalue weighted by molar-refractivity contribution is 5.26. The van der Waals surface area contributed by atoms with Crippen LogP contribution in [-0.4, -0.2) is 22.8 Å². The molecule has 3 heteroatoms. The minimum Gasteiger partial charge on any atom is -0.396 e. The Hall–Kier alpha value is -0.800. The zero-order chi connectivity index (χ0) is 14.5. The van der Waals surface area contributed by atoms with Gasteiger partial charge < -0.3 is 15.0 Å². The summed E-state index contributed by atoms with van der Waals surface area (Å²) >= 11 is 0. The van der Waals surface area contributed by atoms with Crippen molar-refractivity contribution in [3.8, 4) is 0 Å². The summed E-state index contributed by atoms with van der Waals surface area (Å²) in [5.41, 5.74) is 4.37. The summed E-state index contributed by atoms with van der Waals surface area (Å²) in [7, 11) is 0. The van der Waals surface area contributed by atoms with Crippen molar-refractivity contribution >= 4 is 0 Å². The maximum atomic E-state index is 8.91. The predicted molar refractivity (Wildman–Crippen MR) is 81.4 cm³/mol. The van der Waals surface area contributed by atoms with Crippen molar-refractivity contribution in [2.24, 2.45) is 5.41 Å². The van der Waals surface area contributed by atoms with Crippen LogP contribution in [-0.2, 0) is 13.1 Å². The Morgan fingerprint density at radius 1 is 1.32 bits per heavy atom. The van der Waals surface area contributed by atoms with Gasteiger partial charge in [-0.2, -0.15) is 0 Å². The molecule has 0 spiro atoms. The number of hydrogen-bond donors (Lipinski definition) is 2. The second kappa shape index (κ2) is 7.11. The van der Waals surface area contributed by atoms with Gasteiger partial charge in [-0.1, -0.05) is 13.8 Å². The number of nitrogens with one attached hydrogen (secondary N) is 1. The fourth-order valence-corrected chi connectivity index (χ4v) is 2.72. The van der Waals surface area contributed by atoms with Gasteiger partial charge in [0.2, 0.25) is 0 Å². The summed E-state index contributed by atoms with van der Waals surface area (Å²) in [6.07, 6.45) is 1.95. The van der Waals surface area contributed by atoms with Gasteiger partial charge in [0.1, 0.15) is 0 Å². The molecule has 0 fully saturated rings. The van der Waals surface area contributed by atoms with Crippen LogP contribution < -0.4 is 5.32 Å². The van der Waals surface area contributed by atoms with Crippen LogP contribution in [0.5, 0.6) is 0 Å². The molecule has 1 rings (SSSR count). The smallest absolute Gasteiger partial charge is 0.0431 e. The molecule has 1 heterocycles. The van der Waals surface area contributed by atoms with Gasteiger partial charge >= 0.3 is 0 Å². The van der Waals surface area contributed by atoms with Crippen molar-refractivity contribution in [2.45, 2.75) is 60.5 Å². The summed E-state index contributed by atoms with van der Waals surface area (Å²) in [5, 5.41) is 12.5. The molecule has 0 radical (unpaired) electrons. The number of hydrogen-bond acceptors (Lipinski definition) is 2. The SMILES string of the molecule is CCn1c(C)cc(CNCC(C)(C)CCCO)c1C. The summed E-state index contributed by atoms with van der Waals surface area (Å²) in [5.74, 6) is 0. The Balaban J connectivity index is 2.49. The normalized spacial score (nSPS) is 12.1. The van der Waals surface area contributed by atoms with E-state index in [1.54, 1.807) is 0 Å². The minimum absolute atomic E-state index is 0.249. The Labute approximate surface area is 118 Å². The van der Waals surface area contributed by atoms with Crippen molar-refractivity contribution in [3.63, 3.8) is 0 Å². The van der Waals surface area contributed by atoms with E-state index >= 15 is 0 Å². The predicted octanol–water partition coefficient (Wildman–Crippen LogP) is 3.01. The monoisotopic (exact) mass is 266 g/mol. The molecule has 1 aromatic rings. The van der Waals surface area contributed by atoms with Gasteiger partial charge in [0.25, 0.3) is 0 Å². The van der Waals surface area contributed by atoms with Crippen molar-refractivity contribution in [1.29, 1.82) is 0 Å². The van der Waals surface area contributed by atoms with E-state index in [1.807, 2.05) is 0 Å². The highest BCUT2D eigenvalue weighted by Gasteiger charge is 2.17. The number of aliphatic hydroxyl groups is 1. The molecule has 110 valence electrons. The maximum absolute atomic E-state index is 8.91. The van der Waals surface area contributed by atoms with E-state index in [2.05, 4.69) is 50.6 Å². The first kappa shape index (κ1) is 16.3. The molecule has 0 bridgehead atoms. The van der Waals surface area contributed by atoms with Crippen molar-refractivity contribution in [1.82, 2.24) is 9.88 Å². The first-order valence-electron chi connectivity index (χ1n) is 7.38. The largest absolute Gasteiger partial charge is 0.396 e. The van der Waals surface area contributed by atoms with Gasteiger partial charge in [0.15, 0.2) is 0 Å². The van der Waals surface area contributed by atoms with E-state index in [-0.39, 0.29) is 5.41 Å². The van der Waals surface area contributed by atoms with Crippen LogP contribution in [0.2, 0.25) is 0 Å². The van der Waals surface area contributed by atoms with E-state index in [1.165, 1.54) is 17.0 Å². The standard InChI is InChI=1S/C16H30N2O/c1-6-18-13(2)10-15(14(18)3)11-17-12-16(4,5)8-7-9-19/h10,17,19H,6-9,11-12H2,1-5H3. The summed E-state index contributed by atoms with van der Waals surface area (Å²) in [6.45, 7) is 14.3. The zero-order valence-electron chi connectivity index (χ0n) is 13.2. The minimum atomic E-state index is 0.249. The van der Waals surface area contributed by atoms with Crippen LogP contribution in [0.25, 0.3) is 0 Å². The molecule has 0 saturated heterocycles. The van der Waals surface area contributed by atoms with E-state index in [0.717, 1.165) is 32.5 Å². The Morgan fingerprint density at radius 2 is 2.00 bits per heavy atom. The Kier molecular flexibility index (Phi) is 6.08. The fraction of sp³-hybridized carbons (Fsp3) is 0.750. The third kappa shape index (κ3) is 4.66. The molecular formula is C16H30N2O. The highest BCUT2D eigenvalue weighted by Crippen LogP contribution is 2.21. The molecule has 0 aliphatic carbocycles. The van der Waals surface area contributed by atoms with Crippen LogP contribution in [0.1, 0.15) is 50.6 Å². The van der Waals surface area contributed by atoms with Crippen molar-refractivity contribution < 1.29 is 5.11 Å². The quantitative estimate of drug-likeness (QED) is 0.759. The topological polar surface area (TPSA) is 37.2 Å². The number of aryl methyl sites for hydroxylation is 1. The highest BCUT2D eigenvalue weighted by atomic mass is 16.2. The van der Waals surface area contributed by atoms with Gasteiger partial charge in [-0.3, -0.25) is 0 Å². The summed E-state index contributed by atoms with van der Waals surface area (Å²) in [6, 6.07) is 2.28. The van der Waals surface area contributed by atoms with Gasteiger partial charge in [0, 0.05) is 37.6 Å². The van der Waals surface area contributed by atoms with Crippen LogP contribution in [0.3, 0.4) is 0 Å². The second-order valence-electron chi connectivity index (χ2n) is 6.24. The molecular weight excluding hydrogens is 236 g/mol.